The van der Waals surface area contributed by atoms with Gasteiger partial charge in [0.1, 0.15) is 5.75 Å². The first-order valence-electron chi connectivity index (χ1n) is 8.84. The minimum atomic E-state index is -0.112. The van der Waals surface area contributed by atoms with Gasteiger partial charge in [-0.2, -0.15) is 0 Å². The summed E-state index contributed by atoms with van der Waals surface area (Å²) < 4.78 is 7.32. The van der Waals surface area contributed by atoms with Gasteiger partial charge >= 0.3 is 0 Å². The number of carbonyl (C=O) groups excluding carboxylic acids is 1. The predicted octanol–water partition coefficient (Wildman–Crippen LogP) is 4.74. The van der Waals surface area contributed by atoms with Gasteiger partial charge in [-0.3, -0.25) is 9.36 Å². The molecule has 0 radical (unpaired) electrons. The van der Waals surface area contributed by atoms with Crippen LogP contribution in [0.1, 0.15) is 0 Å². The number of hydrogen-bond donors (Lipinski definition) is 1. The van der Waals surface area contributed by atoms with Gasteiger partial charge in [0, 0.05) is 22.8 Å². The summed E-state index contributed by atoms with van der Waals surface area (Å²) in [5.74, 6) is 0.928. The molecule has 0 aliphatic carbocycles. The van der Waals surface area contributed by atoms with E-state index in [1.807, 2.05) is 66.2 Å². The SMILES string of the molecule is COc1ccc(-c2cnc(SCC(=O)Nc3nccs3)n2-c2ccccc2)cc1. The molecule has 29 heavy (non-hydrogen) atoms. The molecule has 8 heteroatoms. The minimum Gasteiger partial charge on any atom is -0.497 e. The molecule has 0 fully saturated rings. The van der Waals surface area contributed by atoms with Crippen LogP contribution in [0.25, 0.3) is 16.9 Å². The Labute approximate surface area is 176 Å². The standard InChI is InChI=1S/C21H18N4O2S2/c1-27-17-9-7-15(8-10-17)18-13-23-21(25(18)16-5-3-2-4-6-16)29-14-19(26)24-20-22-11-12-28-20/h2-13H,14H2,1H3,(H,22,24,26). The number of benzene rings is 2. The second-order valence-electron chi connectivity index (χ2n) is 6.00. The van der Waals surface area contributed by atoms with Crippen LogP contribution in [0, 0.1) is 0 Å². The lowest BCUT2D eigenvalue weighted by molar-refractivity contribution is -0.113. The summed E-state index contributed by atoms with van der Waals surface area (Å²) in [6, 6.07) is 17.8. The third-order valence-corrected chi connectivity index (χ3v) is 5.78. The summed E-state index contributed by atoms with van der Waals surface area (Å²) in [6.45, 7) is 0. The highest BCUT2D eigenvalue weighted by Crippen LogP contribution is 2.30. The number of nitrogens with zero attached hydrogens (tertiary/aromatic N) is 3. The number of amides is 1. The van der Waals surface area contributed by atoms with Crippen molar-refractivity contribution >= 4 is 34.1 Å². The molecule has 0 atom stereocenters. The number of imidazole rings is 1. The monoisotopic (exact) mass is 422 g/mol. The van der Waals surface area contributed by atoms with Crippen molar-refractivity contribution in [2.24, 2.45) is 0 Å². The van der Waals surface area contributed by atoms with Gasteiger partial charge in [-0.1, -0.05) is 30.0 Å². The summed E-state index contributed by atoms with van der Waals surface area (Å²) in [5, 5.41) is 5.97. The van der Waals surface area contributed by atoms with Crippen molar-refractivity contribution in [2.75, 3.05) is 18.2 Å². The second-order valence-corrected chi connectivity index (χ2v) is 7.84. The fourth-order valence-electron chi connectivity index (χ4n) is 2.80. The van der Waals surface area contributed by atoms with E-state index in [-0.39, 0.29) is 11.7 Å². The average molecular weight is 423 g/mol. The zero-order valence-corrected chi connectivity index (χ0v) is 17.2. The van der Waals surface area contributed by atoms with E-state index in [0.717, 1.165) is 27.9 Å². The number of rotatable bonds is 7. The van der Waals surface area contributed by atoms with Crippen molar-refractivity contribution in [3.63, 3.8) is 0 Å². The Bertz CT molecular complexity index is 1080. The molecule has 1 N–H and O–H groups in total. The number of thioether (sulfide) groups is 1. The lowest BCUT2D eigenvalue weighted by Crippen LogP contribution is -2.14. The number of para-hydroxylation sites is 1. The number of methoxy groups -OCH3 is 1. The molecule has 0 saturated heterocycles. The van der Waals surface area contributed by atoms with Crippen molar-refractivity contribution in [3.05, 3.63) is 72.4 Å². The first kappa shape index (κ1) is 19.2. The zero-order valence-electron chi connectivity index (χ0n) is 15.6. The quantitative estimate of drug-likeness (QED) is 0.436. The van der Waals surface area contributed by atoms with Gasteiger partial charge in [-0.15, -0.1) is 11.3 Å². The molecule has 0 aliphatic rings. The summed E-state index contributed by atoms with van der Waals surface area (Å²) in [6.07, 6.45) is 3.49. The molecule has 2 aromatic carbocycles. The molecule has 0 saturated carbocycles. The summed E-state index contributed by atoms with van der Waals surface area (Å²) in [4.78, 5) is 20.9. The van der Waals surface area contributed by atoms with Crippen LogP contribution in [0.2, 0.25) is 0 Å². The second kappa shape index (κ2) is 8.93. The van der Waals surface area contributed by atoms with E-state index in [0.29, 0.717) is 5.13 Å². The van der Waals surface area contributed by atoms with E-state index in [1.165, 1.54) is 23.1 Å². The number of nitrogens with one attached hydrogen (secondary N) is 1. The van der Waals surface area contributed by atoms with Gasteiger partial charge in [0.15, 0.2) is 10.3 Å². The largest absolute Gasteiger partial charge is 0.497 e. The van der Waals surface area contributed by atoms with Crippen molar-refractivity contribution in [1.29, 1.82) is 0 Å². The summed E-state index contributed by atoms with van der Waals surface area (Å²) in [5.41, 5.74) is 2.95. The van der Waals surface area contributed by atoms with E-state index in [4.69, 9.17) is 4.74 Å². The minimum absolute atomic E-state index is 0.112. The highest BCUT2D eigenvalue weighted by molar-refractivity contribution is 7.99. The predicted molar refractivity (Wildman–Crippen MR) is 117 cm³/mol. The normalized spacial score (nSPS) is 10.7. The fourth-order valence-corrected chi connectivity index (χ4v) is 4.14. The van der Waals surface area contributed by atoms with Crippen LogP contribution in [0.4, 0.5) is 5.13 Å². The van der Waals surface area contributed by atoms with Crippen molar-refractivity contribution < 1.29 is 9.53 Å². The van der Waals surface area contributed by atoms with Gasteiger partial charge in [-0.05, 0) is 36.4 Å². The number of aromatic nitrogens is 3. The first-order valence-corrected chi connectivity index (χ1v) is 10.7. The van der Waals surface area contributed by atoms with Gasteiger partial charge in [-0.25, -0.2) is 9.97 Å². The molecular formula is C21H18N4O2S2. The number of hydrogen-bond acceptors (Lipinski definition) is 6. The zero-order chi connectivity index (χ0) is 20.1. The smallest absolute Gasteiger partial charge is 0.236 e. The van der Waals surface area contributed by atoms with Crippen LogP contribution in [-0.4, -0.2) is 33.3 Å². The Morgan fingerprint density at radius 2 is 1.93 bits per heavy atom. The van der Waals surface area contributed by atoms with Gasteiger partial charge in [0.25, 0.3) is 0 Å². The fraction of sp³-hybridized carbons (Fsp3) is 0.0952. The van der Waals surface area contributed by atoms with Crippen molar-refractivity contribution in [3.8, 4) is 22.7 Å². The third-order valence-electron chi connectivity index (χ3n) is 4.14. The van der Waals surface area contributed by atoms with Crippen LogP contribution in [0.15, 0.2) is 77.5 Å². The Hall–Kier alpha value is -3.10. The molecule has 6 nitrogen and oxygen atoms in total. The molecule has 0 unspecified atom stereocenters. The molecule has 0 spiro atoms. The Kier molecular flexibility index (Phi) is 5.92. The van der Waals surface area contributed by atoms with Crippen molar-refractivity contribution in [1.82, 2.24) is 14.5 Å². The van der Waals surface area contributed by atoms with E-state index in [2.05, 4.69) is 19.9 Å². The van der Waals surface area contributed by atoms with Crippen LogP contribution >= 0.6 is 23.1 Å². The average Bonchev–Trinajstić information content (AvgIpc) is 3.43. The maximum absolute atomic E-state index is 12.3. The molecule has 1 amide bonds. The molecule has 2 aromatic heterocycles. The lowest BCUT2D eigenvalue weighted by atomic mass is 10.1. The molecule has 0 bridgehead atoms. The van der Waals surface area contributed by atoms with Gasteiger partial charge in [0.2, 0.25) is 5.91 Å². The maximum Gasteiger partial charge on any atom is 0.236 e. The van der Waals surface area contributed by atoms with Crippen LogP contribution in [0.3, 0.4) is 0 Å². The van der Waals surface area contributed by atoms with Gasteiger partial charge in [0.05, 0.1) is 24.8 Å². The van der Waals surface area contributed by atoms with E-state index >= 15 is 0 Å². The summed E-state index contributed by atoms with van der Waals surface area (Å²) in [7, 11) is 1.65. The third kappa shape index (κ3) is 4.49. The number of thiazole rings is 1. The number of ether oxygens (including phenoxy) is 1. The Morgan fingerprint density at radius 3 is 2.62 bits per heavy atom. The van der Waals surface area contributed by atoms with Crippen LogP contribution < -0.4 is 10.1 Å². The Balaban J connectivity index is 1.61. The molecule has 0 aliphatic heterocycles. The molecule has 4 rings (SSSR count). The first-order chi connectivity index (χ1) is 14.2. The van der Waals surface area contributed by atoms with Crippen LogP contribution in [0.5, 0.6) is 5.75 Å². The highest BCUT2D eigenvalue weighted by atomic mass is 32.2. The maximum atomic E-state index is 12.3. The van der Waals surface area contributed by atoms with E-state index < -0.39 is 0 Å². The lowest BCUT2D eigenvalue weighted by Gasteiger charge is -2.12. The number of carbonyl (C=O) groups is 1. The molecule has 2 heterocycles. The number of anilines is 1. The highest BCUT2D eigenvalue weighted by Gasteiger charge is 2.16. The van der Waals surface area contributed by atoms with E-state index in [9.17, 15) is 4.79 Å². The van der Waals surface area contributed by atoms with Crippen LogP contribution in [-0.2, 0) is 4.79 Å². The Morgan fingerprint density at radius 1 is 1.14 bits per heavy atom. The van der Waals surface area contributed by atoms with E-state index in [1.54, 1.807) is 13.3 Å². The molecule has 146 valence electrons. The summed E-state index contributed by atoms with van der Waals surface area (Å²) >= 11 is 2.78. The van der Waals surface area contributed by atoms with Gasteiger partial charge < -0.3 is 10.1 Å². The van der Waals surface area contributed by atoms with Crippen molar-refractivity contribution in [2.45, 2.75) is 5.16 Å². The topological polar surface area (TPSA) is 69.0 Å². The molecule has 4 aromatic rings. The molecular weight excluding hydrogens is 404 g/mol.